The molecule has 0 aliphatic rings. The molecule has 1 aromatic carbocycles. The van der Waals surface area contributed by atoms with Crippen molar-refractivity contribution in [3.63, 3.8) is 0 Å². The van der Waals surface area contributed by atoms with E-state index in [0.717, 1.165) is 17.4 Å². The van der Waals surface area contributed by atoms with Crippen molar-refractivity contribution in [2.24, 2.45) is 5.41 Å². The summed E-state index contributed by atoms with van der Waals surface area (Å²) in [7, 11) is 2.00. The van der Waals surface area contributed by atoms with Crippen molar-refractivity contribution in [2.75, 3.05) is 13.6 Å². The van der Waals surface area contributed by atoms with Crippen LogP contribution >= 0.6 is 15.9 Å². The van der Waals surface area contributed by atoms with Gasteiger partial charge in [0, 0.05) is 11.0 Å². The van der Waals surface area contributed by atoms with E-state index < -0.39 is 0 Å². The molecule has 14 heavy (non-hydrogen) atoms. The van der Waals surface area contributed by atoms with Crippen molar-refractivity contribution in [1.29, 1.82) is 0 Å². The Morgan fingerprint density at radius 1 is 1.21 bits per heavy atom. The topological polar surface area (TPSA) is 12.0 Å². The van der Waals surface area contributed by atoms with Crippen molar-refractivity contribution in [3.05, 3.63) is 34.3 Å². The summed E-state index contributed by atoms with van der Waals surface area (Å²) in [5.74, 6) is 0. The van der Waals surface area contributed by atoms with Gasteiger partial charge in [0.2, 0.25) is 0 Å². The highest BCUT2D eigenvalue weighted by Crippen LogP contribution is 2.21. The van der Waals surface area contributed by atoms with Gasteiger partial charge in [-0.2, -0.15) is 0 Å². The zero-order valence-electron chi connectivity index (χ0n) is 9.10. The summed E-state index contributed by atoms with van der Waals surface area (Å²) in [6, 6.07) is 8.57. The Balaban J connectivity index is 2.64. The summed E-state index contributed by atoms with van der Waals surface area (Å²) in [6.07, 6.45) is 1.11. The molecule has 78 valence electrons. The second-order valence-corrected chi connectivity index (χ2v) is 5.41. The zero-order valence-corrected chi connectivity index (χ0v) is 10.7. The summed E-state index contributed by atoms with van der Waals surface area (Å²) in [5, 5.41) is 3.23. The van der Waals surface area contributed by atoms with Crippen LogP contribution in [0.15, 0.2) is 28.7 Å². The zero-order chi connectivity index (χ0) is 10.6. The molecule has 0 aliphatic carbocycles. The molecule has 0 fully saturated rings. The Labute approximate surface area is 95.0 Å². The first-order valence-corrected chi connectivity index (χ1v) is 5.72. The van der Waals surface area contributed by atoms with Crippen molar-refractivity contribution in [1.82, 2.24) is 5.32 Å². The molecule has 0 heterocycles. The van der Waals surface area contributed by atoms with E-state index in [2.05, 4.69) is 59.4 Å². The number of halogens is 1. The van der Waals surface area contributed by atoms with Gasteiger partial charge < -0.3 is 5.32 Å². The Bertz CT molecular complexity index is 277. The molecule has 0 saturated carbocycles. The average Bonchev–Trinajstić information content (AvgIpc) is 2.08. The normalized spacial score (nSPS) is 11.7. The third-order valence-corrected chi connectivity index (χ3v) is 2.78. The van der Waals surface area contributed by atoms with Gasteiger partial charge in [-0.1, -0.05) is 41.9 Å². The van der Waals surface area contributed by atoms with Crippen molar-refractivity contribution in [3.8, 4) is 0 Å². The van der Waals surface area contributed by atoms with Crippen molar-refractivity contribution in [2.45, 2.75) is 20.3 Å². The second kappa shape index (κ2) is 4.94. The van der Waals surface area contributed by atoms with E-state index in [4.69, 9.17) is 0 Å². The highest BCUT2D eigenvalue weighted by atomic mass is 79.9. The average molecular weight is 256 g/mol. The molecule has 0 saturated heterocycles. The lowest BCUT2D eigenvalue weighted by atomic mass is 9.86. The van der Waals surface area contributed by atoms with Gasteiger partial charge in [0.05, 0.1) is 0 Å². The van der Waals surface area contributed by atoms with Crippen LogP contribution in [0, 0.1) is 5.41 Å². The lowest BCUT2D eigenvalue weighted by Crippen LogP contribution is -2.28. The molecule has 1 aromatic rings. The fourth-order valence-electron chi connectivity index (χ4n) is 1.70. The minimum Gasteiger partial charge on any atom is -0.319 e. The first-order valence-electron chi connectivity index (χ1n) is 4.92. The van der Waals surface area contributed by atoms with E-state index in [1.54, 1.807) is 0 Å². The lowest BCUT2D eigenvalue weighted by Gasteiger charge is -2.24. The van der Waals surface area contributed by atoms with E-state index >= 15 is 0 Å². The maximum Gasteiger partial charge on any atom is 0.0175 e. The third kappa shape index (κ3) is 3.81. The van der Waals surface area contributed by atoms with Crippen LogP contribution in [0.5, 0.6) is 0 Å². The molecule has 1 nitrogen and oxygen atoms in total. The summed E-state index contributed by atoms with van der Waals surface area (Å²) in [5.41, 5.74) is 1.72. The second-order valence-electron chi connectivity index (χ2n) is 4.50. The first-order chi connectivity index (χ1) is 6.53. The van der Waals surface area contributed by atoms with Crippen molar-refractivity contribution < 1.29 is 0 Å². The Kier molecular flexibility index (Phi) is 4.14. The van der Waals surface area contributed by atoms with Crippen LogP contribution < -0.4 is 5.32 Å². The van der Waals surface area contributed by atoms with E-state index in [0.29, 0.717) is 5.41 Å². The fourth-order valence-corrected chi connectivity index (χ4v) is 1.96. The van der Waals surface area contributed by atoms with Crippen LogP contribution in [-0.2, 0) is 6.42 Å². The van der Waals surface area contributed by atoms with Crippen LogP contribution in [0.25, 0.3) is 0 Å². The van der Waals surface area contributed by atoms with Gasteiger partial charge in [0.15, 0.2) is 0 Å². The van der Waals surface area contributed by atoms with Gasteiger partial charge in [-0.25, -0.2) is 0 Å². The van der Waals surface area contributed by atoms with Gasteiger partial charge >= 0.3 is 0 Å². The molecule has 0 aliphatic heterocycles. The summed E-state index contributed by atoms with van der Waals surface area (Å²) >= 11 is 3.44. The van der Waals surface area contributed by atoms with Gasteiger partial charge in [-0.05, 0) is 36.6 Å². The Hall–Kier alpha value is -0.340. The lowest BCUT2D eigenvalue weighted by molar-refractivity contribution is 0.350. The predicted molar refractivity (Wildman–Crippen MR) is 65.6 cm³/mol. The minimum atomic E-state index is 0.322. The molecular formula is C12H18BrN. The molecule has 0 radical (unpaired) electrons. The van der Waals surface area contributed by atoms with Crippen LogP contribution in [-0.4, -0.2) is 13.6 Å². The molecule has 0 atom stereocenters. The summed E-state index contributed by atoms with van der Waals surface area (Å²) < 4.78 is 1.15. The van der Waals surface area contributed by atoms with E-state index in [1.165, 1.54) is 5.56 Å². The van der Waals surface area contributed by atoms with Gasteiger partial charge in [-0.15, -0.1) is 0 Å². The SMILES string of the molecule is CNCC(C)(C)Cc1ccc(Br)cc1. The number of hydrogen-bond donors (Lipinski definition) is 1. The van der Waals surface area contributed by atoms with Crippen LogP contribution in [0.4, 0.5) is 0 Å². The maximum absolute atomic E-state index is 3.44. The van der Waals surface area contributed by atoms with E-state index in [1.807, 2.05) is 7.05 Å². The molecule has 1 N–H and O–H groups in total. The monoisotopic (exact) mass is 255 g/mol. The number of rotatable bonds is 4. The van der Waals surface area contributed by atoms with Crippen LogP contribution in [0.3, 0.4) is 0 Å². The minimum absolute atomic E-state index is 0.322. The third-order valence-electron chi connectivity index (χ3n) is 2.25. The first kappa shape index (κ1) is 11.7. The Morgan fingerprint density at radius 2 is 1.79 bits per heavy atom. The number of benzene rings is 1. The van der Waals surface area contributed by atoms with Gasteiger partial charge in [0.25, 0.3) is 0 Å². The van der Waals surface area contributed by atoms with E-state index in [9.17, 15) is 0 Å². The van der Waals surface area contributed by atoms with Crippen LogP contribution in [0.1, 0.15) is 19.4 Å². The number of nitrogens with one attached hydrogen (secondary N) is 1. The smallest absolute Gasteiger partial charge is 0.0175 e. The largest absolute Gasteiger partial charge is 0.319 e. The molecule has 2 heteroatoms. The molecule has 0 bridgehead atoms. The molecule has 0 spiro atoms. The highest BCUT2D eigenvalue weighted by Gasteiger charge is 2.16. The number of hydrogen-bond acceptors (Lipinski definition) is 1. The maximum atomic E-state index is 3.44. The molecule has 0 aromatic heterocycles. The Morgan fingerprint density at radius 3 is 2.29 bits per heavy atom. The highest BCUT2D eigenvalue weighted by molar-refractivity contribution is 9.10. The predicted octanol–water partition coefficient (Wildman–Crippen LogP) is 3.24. The van der Waals surface area contributed by atoms with Gasteiger partial charge in [0.1, 0.15) is 0 Å². The molecule has 0 amide bonds. The molecular weight excluding hydrogens is 238 g/mol. The van der Waals surface area contributed by atoms with Gasteiger partial charge in [-0.3, -0.25) is 0 Å². The molecule has 1 rings (SSSR count). The summed E-state index contributed by atoms with van der Waals surface area (Å²) in [6.45, 7) is 5.61. The summed E-state index contributed by atoms with van der Waals surface area (Å²) in [4.78, 5) is 0. The van der Waals surface area contributed by atoms with Crippen LogP contribution in [0.2, 0.25) is 0 Å². The standard InChI is InChI=1S/C12H18BrN/c1-12(2,9-14-3)8-10-4-6-11(13)7-5-10/h4-7,14H,8-9H2,1-3H3. The molecule has 0 unspecified atom stereocenters. The van der Waals surface area contributed by atoms with Crippen molar-refractivity contribution >= 4 is 15.9 Å². The quantitative estimate of drug-likeness (QED) is 0.872. The fraction of sp³-hybridized carbons (Fsp3) is 0.500. The van der Waals surface area contributed by atoms with E-state index in [-0.39, 0.29) is 0 Å².